The van der Waals surface area contributed by atoms with Crippen molar-refractivity contribution in [1.82, 2.24) is 39.8 Å². The third-order valence-electron chi connectivity index (χ3n) is 11.0. The fraction of sp³-hybridized carbons (Fsp3) is 0.333. The zero-order chi connectivity index (χ0) is 36.1. The Morgan fingerprint density at radius 2 is 1.47 bits per heavy atom. The van der Waals surface area contributed by atoms with Crippen LogP contribution in [-0.2, 0) is 4.79 Å². The van der Waals surface area contributed by atoms with Gasteiger partial charge in [0.1, 0.15) is 29.3 Å². The summed E-state index contributed by atoms with van der Waals surface area (Å²) in [6, 6.07) is 25.3. The van der Waals surface area contributed by atoms with E-state index in [1.54, 1.807) is 24.3 Å². The maximum atomic E-state index is 13.1. The lowest BCUT2D eigenvalue weighted by molar-refractivity contribution is -0.120. The monoisotopic (exact) mass is 712 g/mol. The van der Waals surface area contributed by atoms with Gasteiger partial charge in [0, 0.05) is 81.1 Å². The number of anilines is 2. The number of nitrogens with one attached hydrogen (secondary N) is 1. The topological polar surface area (TPSA) is 155 Å². The zero-order valence-corrected chi connectivity index (χ0v) is 29.2. The predicted octanol–water partition coefficient (Wildman–Crippen LogP) is 4.16. The van der Waals surface area contributed by atoms with Crippen LogP contribution in [0.5, 0.6) is 11.5 Å². The molecule has 5 aromatic rings. The molecule has 4 saturated heterocycles. The van der Waals surface area contributed by atoms with Gasteiger partial charge in [-0.25, -0.2) is 19.4 Å². The number of aromatic nitrogens is 4. The summed E-state index contributed by atoms with van der Waals surface area (Å²) in [4.78, 5) is 54.2. The van der Waals surface area contributed by atoms with E-state index in [2.05, 4.69) is 29.8 Å². The Labute approximate surface area is 306 Å². The van der Waals surface area contributed by atoms with Gasteiger partial charge in [0.05, 0.1) is 11.4 Å². The van der Waals surface area contributed by atoms with E-state index in [1.165, 1.54) is 11.2 Å². The Morgan fingerprint density at radius 3 is 2.19 bits per heavy atom. The highest BCUT2D eigenvalue weighted by Crippen LogP contribution is 2.36. The van der Waals surface area contributed by atoms with Crippen molar-refractivity contribution < 1.29 is 19.1 Å². The van der Waals surface area contributed by atoms with Crippen molar-refractivity contribution in [3.8, 4) is 22.8 Å². The van der Waals surface area contributed by atoms with Crippen molar-refractivity contribution in [3.63, 3.8) is 0 Å². The number of fused-ring (bicyclic) bond motifs is 1. The predicted molar refractivity (Wildman–Crippen MR) is 199 cm³/mol. The number of nitrogens with two attached hydrogens (primary N) is 1. The van der Waals surface area contributed by atoms with Gasteiger partial charge in [0.15, 0.2) is 5.65 Å². The maximum Gasteiger partial charge on any atom is 0.328 e. The van der Waals surface area contributed by atoms with Crippen molar-refractivity contribution in [2.45, 2.75) is 37.4 Å². The minimum atomic E-state index is -0.433. The molecule has 4 fully saturated rings. The second kappa shape index (κ2) is 13.6. The largest absolute Gasteiger partial charge is 0.457 e. The van der Waals surface area contributed by atoms with Gasteiger partial charge < -0.3 is 15.4 Å². The second-order valence-electron chi connectivity index (χ2n) is 14.2. The average Bonchev–Trinajstić information content (AvgIpc) is 3.54. The number of hydrogen-bond acceptors (Lipinski definition) is 10. The number of urea groups is 1. The molecule has 0 unspecified atom stereocenters. The molecule has 2 aromatic heterocycles. The fourth-order valence-electron chi connectivity index (χ4n) is 7.90. The molecule has 0 atom stereocenters. The molecule has 270 valence electrons. The fourth-order valence-corrected chi connectivity index (χ4v) is 7.90. The smallest absolute Gasteiger partial charge is 0.328 e. The highest BCUT2D eigenvalue weighted by molar-refractivity contribution is 6.06. The molecule has 0 radical (unpaired) electrons. The standard InChI is InChI=1S/C39H40N10O4/c40-36-34-35(25-8-12-32(13-9-25)53-31-4-2-1-3-5-31)44-49(37(34)42-24-41-36)28-14-17-45(18-15-28)29-20-46(21-29)30-22-47(23-30)38(51)26-6-10-27(11-7-26)48-19-16-33(50)43-39(48)52/h1-13,24,28-30H,14-23H2,(H2,40,41,42)(H,43,50,52). The number of rotatable bonds is 8. The lowest BCUT2D eigenvalue weighted by Crippen LogP contribution is -2.70. The van der Waals surface area contributed by atoms with E-state index in [0.717, 1.165) is 72.8 Å². The third-order valence-corrected chi connectivity index (χ3v) is 11.0. The summed E-state index contributed by atoms with van der Waals surface area (Å²) in [5.41, 5.74) is 10.2. The third kappa shape index (κ3) is 6.33. The number of amides is 4. The number of ether oxygens (including phenoxy) is 1. The van der Waals surface area contributed by atoms with Crippen LogP contribution in [0.4, 0.5) is 16.3 Å². The van der Waals surface area contributed by atoms with E-state index >= 15 is 0 Å². The van der Waals surface area contributed by atoms with E-state index in [-0.39, 0.29) is 24.3 Å². The van der Waals surface area contributed by atoms with E-state index in [4.69, 9.17) is 15.6 Å². The number of likely N-dealkylation sites (tertiary alicyclic amines) is 3. The normalized spacial score (nSPS) is 19.2. The van der Waals surface area contributed by atoms with Crippen molar-refractivity contribution in [1.29, 1.82) is 0 Å². The van der Waals surface area contributed by atoms with Crippen LogP contribution in [0.1, 0.15) is 35.7 Å². The lowest BCUT2D eigenvalue weighted by atomic mass is 9.95. The molecule has 0 bridgehead atoms. The van der Waals surface area contributed by atoms with Crippen molar-refractivity contribution >= 4 is 40.4 Å². The van der Waals surface area contributed by atoms with Crippen LogP contribution in [0.15, 0.2) is 85.2 Å². The van der Waals surface area contributed by atoms with Gasteiger partial charge in [0.25, 0.3) is 5.91 Å². The second-order valence-corrected chi connectivity index (χ2v) is 14.2. The van der Waals surface area contributed by atoms with E-state index < -0.39 is 6.03 Å². The number of nitrogen functional groups attached to an aromatic ring is 1. The number of hydrogen-bond donors (Lipinski definition) is 2. The number of para-hydroxylation sites is 1. The Bertz CT molecular complexity index is 2150. The first-order valence-electron chi connectivity index (χ1n) is 18.2. The van der Waals surface area contributed by atoms with Crippen LogP contribution in [0.2, 0.25) is 0 Å². The van der Waals surface area contributed by atoms with Gasteiger partial charge in [-0.3, -0.25) is 29.6 Å². The number of imide groups is 1. The molecule has 4 amide bonds. The molecule has 0 aliphatic carbocycles. The minimum absolute atomic E-state index is 0.000592. The molecule has 14 heteroatoms. The molecule has 3 aromatic carbocycles. The van der Waals surface area contributed by atoms with E-state index in [9.17, 15) is 14.4 Å². The molecule has 6 heterocycles. The lowest BCUT2D eigenvalue weighted by Gasteiger charge is -2.55. The molecule has 4 aliphatic rings. The van der Waals surface area contributed by atoms with E-state index in [0.29, 0.717) is 48.8 Å². The number of carbonyl (C=O) groups is 3. The van der Waals surface area contributed by atoms with Gasteiger partial charge in [0.2, 0.25) is 5.91 Å². The Hall–Kier alpha value is -5.86. The quantitative estimate of drug-likeness (QED) is 0.240. The highest BCUT2D eigenvalue weighted by Gasteiger charge is 2.43. The van der Waals surface area contributed by atoms with E-state index in [1.807, 2.05) is 59.5 Å². The number of benzene rings is 3. The summed E-state index contributed by atoms with van der Waals surface area (Å²) >= 11 is 0. The molecule has 3 N–H and O–H groups in total. The van der Waals surface area contributed by atoms with Crippen LogP contribution in [0.3, 0.4) is 0 Å². The minimum Gasteiger partial charge on any atom is -0.457 e. The molecular formula is C39H40N10O4. The summed E-state index contributed by atoms with van der Waals surface area (Å²) in [5, 5.41) is 8.20. The first-order valence-corrected chi connectivity index (χ1v) is 18.2. The molecular weight excluding hydrogens is 672 g/mol. The number of nitrogens with zero attached hydrogens (tertiary/aromatic N) is 8. The summed E-state index contributed by atoms with van der Waals surface area (Å²) in [7, 11) is 0. The van der Waals surface area contributed by atoms with Crippen LogP contribution < -0.4 is 20.7 Å². The van der Waals surface area contributed by atoms with Gasteiger partial charge in [-0.1, -0.05) is 18.2 Å². The summed E-state index contributed by atoms with van der Waals surface area (Å²) < 4.78 is 8.05. The first kappa shape index (κ1) is 33.0. The van der Waals surface area contributed by atoms with Crippen LogP contribution in [0.25, 0.3) is 22.3 Å². The molecule has 53 heavy (non-hydrogen) atoms. The Balaban J connectivity index is 0.775. The van der Waals surface area contributed by atoms with Gasteiger partial charge in [-0.15, -0.1) is 0 Å². The molecule has 14 nitrogen and oxygen atoms in total. The van der Waals surface area contributed by atoms with Gasteiger partial charge >= 0.3 is 6.03 Å². The van der Waals surface area contributed by atoms with Crippen LogP contribution in [0, 0.1) is 0 Å². The number of carbonyl (C=O) groups excluding carboxylic acids is 3. The Morgan fingerprint density at radius 1 is 0.774 bits per heavy atom. The molecule has 0 saturated carbocycles. The van der Waals surface area contributed by atoms with Gasteiger partial charge in [-0.05, 0) is 73.5 Å². The maximum absolute atomic E-state index is 13.1. The molecule has 0 spiro atoms. The van der Waals surface area contributed by atoms with Crippen molar-refractivity contribution in [3.05, 3.63) is 90.8 Å². The summed E-state index contributed by atoms with van der Waals surface area (Å²) in [6.07, 6.45) is 3.70. The Kier molecular flexibility index (Phi) is 8.47. The van der Waals surface area contributed by atoms with Crippen molar-refractivity contribution in [2.75, 3.05) is 56.4 Å². The van der Waals surface area contributed by atoms with Crippen LogP contribution in [-0.4, -0.2) is 110 Å². The highest BCUT2D eigenvalue weighted by atomic mass is 16.5. The average molecular weight is 713 g/mol. The van der Waals surface area contributed by atoms with Gasteiger partial charge in [-0.2, -0.15) is 5.10 Å². The summed E-state index contributed by atoms with van der Waals surface area (Å²) in [6.45, 7) is 5.74. The summed E-state index contributed by atoms with van der Waals surface area (Å²) in [5.74, 6) is 1.68. The first-order chi connectivity index (χ1) is 25.9. The van der Waals surface area contributed by atoms with Crippen LogP contribution >= 0.6 is 0 Å². The number of piperidine rings is 1. The SMILES string of the molecule is Nc1ncnc2c1c(-c1ccc(Oc3ccccc3)cc1)nn2C1CCN(C2CN(C3CN(C(=O)c4ccc(N5CCC(=O)NC5=O)cc4)C3)C2)CC1. The molecule has 9 rings (SSSR count). The van der Waals surface area contributed by atoms with Crippen molar-refractivity contribution in [2.24, 2.45) is 0 Å². The molecule has 4 aliphatic heterocycles. The zero-order valence-electron chi connectivity index (χ0n) is 29.2.